The molecule has 2 N–H and O–H groups in total. The van der Waals surface area contributed by atoms with Crippen molar-refractivity contribution in [2.45, 2.75) is 6.54 Å². The molecule has 2 aromatic rings. The van der Waals surface area contributed by atoms with Crippen LogP contribution < -0.4 is 20.3 Å². The maximum atomic E-state index is 11.6. The molecule has 0 radical (unpaired) electrons. The number of hydrogen-bond donors (Lipinski definition) is 2. The number of nitrogens with zero attached hydrogens (tertiary/aromatic N) is 1. The largest absolute Gasteiger partial charge is 0.497 e. The van der Waals surface area contributed by atoms with Crippen LogP contribution in [0.3, 0.4) is 0 Å². The van der Waals surface area contributed by atoms with Crippen LogP contribution in [0.2, 0.25) is 5.15 Å². The number of anilines is 1. The molecule has 0 amide bonds. The van der Waals surface area contributed by atoms with Crippen molar-refractivity contribution in [2.24, 2.45) is 0 Å². The van der Waals surface area contributed by atoms with Crippen LogP contribution in [0.5, 0.6) is 11.5 Å². The SMILES string of the molecule is COc1ccc(CNc2cc(Cl)n[nH]c2=O)c(OC)c1. The van der Waals surface area contributed by atoms with Gasteiger partial charge < -0.3 is 14.8 Å². The number of rotatable bonds is 5. The van der Waals surface area contributed by atoms with Gasteiger partial charge in [0.2, 0.25) is 0 Å². The predicted octanol–water partition coefficient (Wildman–Crippen LogP) is 2.05. The van der Waals surface area contributed by atoms with E-state index in [0.717, 1.165) is 5.56 Å². The summed E-state index contributed by atoms with van der Waals surface area (Å²) in [4.78, 5) is 11.6. The lowest BCUT2D eigenvalue weighted by molar-refractivity contribution is 0.391. The third-order valence-corrected chi connectivity index (χ3v) is 2.93. The fourth-order valence-corrected chi connectivity index (χ4v) is 1.85. The highest BCUT2D eigenvalue weighted by Gasteiger charge is 2.07. The molecule has 6 nitrogen and oxygen atoms in total. The number of benzene rings is 1. The molecule has 0 atom stereocenters. The first kappa shape index (κ1) is 14.2. The molecule has 0 bridgehead atoms. The molecule has 20 heavy (non-hydrogen) atoms. The Labute approximate surface area is 120 Å². The van der Waals surface area contributed by atoms with Crippen LogP contribution in [0.25, 0.3) is 0 Å². The van der Waals surface area contributed by atoms with Crippen LogP contribution in [0, 0.1) is 0 Å². The fourth-order valence-electron chi connectivity index (χ4n) is 1.70. The Morgan fingerprint density at radius 1 is 1.30 bits per heavy atom. The molecule has 1 aromatic carbocycles. The highest BCUT2D eigenvalue weighted by atomic mass is 35.5. The van der Waals surface area contributed by atoms with Crippen molar-refractivity contribution in [3.8, 4) is 11.5 Å². The molecule has 2 rings (SSSR count). The van der Waals surface area contributed by atoms with Gasteiger partial charge in [-0.2, -0.15) is 5.10 Å². The first-order chi connectivity index (χ1) is 9.63. The van der Waals surface area contributed by atoms with Crippen LogP contribution >= 0.6 is 11.6 Å². The summed E-state index contributed by atoms with van der Waals surface area (Å²) in [5.41, 5.74) is 0.908. The summed E-state index contributed by atoms with van der Waals surface area (Å²) < 4.78 is 10.4. The van der Waals surface area contributed by atoms with E-state index >= 15 is 0 Å². The summed E-state index contributed by atoms with van der Waals surface area (Å²) in [7, 11) is 3.17. The zero-order valence-corrected chi connectivity index (χ0v) is 11.8. The molecule has 1 aromatic heterocycles. The van der Waals surface area contributed by atoms with Gasteiger partial charge in [-0.25, -0.2) is 5.10 Å². The molecule has 0 spiro atoms. The first-order valence-corrected chi connectivity index (χ1v) is 6.22. The lowest BCUT2D eigenvalue weighted by Crippen LogP contribution is -2.15. The van der Waals surface area contributed by atoms with Crippen molar-refractivity contribution in [1.82, 2.24) is 10.2 Å². The van der Waals surface area contributed by atoms with E-state index < -0.39 is 0 Å². The van der Waals surface area contributed by atoms with E-state index in [9.17, 15) is 4.79 Å². The number of aromatic amines is 1. The average molecular weight is 296 g/mol. The van der Waals surface area contributed by atoms with Gasteiger partial charge in [0.05, 0.1) is 14.2 Å². The predicted molar refractivity (Wildman–Crippen MR) is 76.7 cm³/mol. The van der Waals surface area contributed by atoms with Gasteiger partial charge in [-0.05, 0) is 12.1 Å². The van der Waals surface area contributed by atoms with E-state index in [0.29, 0.717) is 23.7 Å². The van der Waals surface area contributed by atoms with Crippen molar-refractivity contribution < 1.29 is 9.47 Å². The van der Waals surface area contributed by atoms with E-state index in [1.165, 1.54) is 6.07 Å². The fraction of sp³-hybridized carbons (Fsp3) is 0.231. The molecule has 0 unspecified atom stereocenters. The monoisotopic (exact) mass is 295 g/mol. The molecular weight excluding hydrogens is 282 g/mol. The Kier molecular flexibility index (Phi) is 4.47. The van der Waals surface area contributed by atoms with E-state index in [2.05, 4.69) is 15.5 Å². The highest BCUT2D eigenvalue weighted by molar-refractivity contribution is 6.29. The zero-order valence-electron chi connectivity index (χ0n) is 11.1. The van der Waals surface area contributed by atoms with Gasteiger partial charge >= 0.3 is 0 Å². The lowest BCUT2D eigenvalue weighted by atomic mass is 10.2. The number of aromatic nitrogens is 2. The number of halogens is 1. The normalized spacial score (nSPS) is 10.2. The number of nitrogens with one attached hydrogen (secondary N) is 2. The second-order valence-corrected chi connectivity index (χ2v) is 4.35. The van der Waals surface area contributed by atoms with Crippen molar-refractivity contribution in [2.75, 3.05) is 19.5 Å². The van der Waals surface area contributed by atoms with Crippen LogP contribution in [0.4, 0.5) is 5.69 Å². The number of methoxy groups -OCH3 is 2. The van der Waals surface area contributed by atoms with E-state index in [-0.39, 0.29) is 10.7 Å². The molecule has 0 aliphatic carbocycles. The van der Waals surface area contributed by atoms with Crippen LogP contribution in [0.15, 0.2) is 29.1 Å². The summed E-state index contributed by atoms with van der Waals surface area (Å²) in [6.07, 6.45) is 0. The Morgan fingerprint density at radius 3 is 2.80 bits per heavy atom. The van der Waals surface area contributed by atoms with E-state index in [4.69, 9.17) is 21.1 Å². The first-order valence-electron chi connectivity index (χ1n) is 5.84. The van der Waals surface area contributed by atoms with Crippen LogP contribution in [-0.4, -0.2) is 24.4 Å². The highest BCUT2D eigenvalue weighted by Crippen LogP contribution is 2.25. The molecule has 0 aliphatic heterocycles. The maximum Gasteiger partial charge on any atom is 0.287 e. The van der Waals surface area contributed by atoms with E-state index in [1.807, 2.05) is 12.1 Å². The topological polar surface area (TPSA) is 76.2 Å². The zero-order chi connectivity index (χ0) is 14.5. The minimum Gasteiger partial charge on any atom is -0.497 e. The lowest BCUT2D eigenvalue weighted by Gasteiger charge is -2.11. The molecule has 0 saturated heterocycles. The second-order valence-electron chi connectivity index (χ2n) is 3.96. The number of hydrogen-bond acceptors (Lipinski definition) is 5. The standard InChI is InChI=1S/C13H14ClN3O3/c1-19-9-4-3-8(11(5-9)20-2)7-15-10-6-12(14)16-17-13(10)18/h3-6H,7H2,1-2H3,(H,15,16)(H,17,18). The smallest absolute Gasteiger partial charge is 0.287 e. The summed E-state index contributed by atoms with van der Waals surface area (Å²) in [5.74, 6) is 1.38. The number of H-pyrrole nitrogens is 1. The van der Waals surface area contributed by atoms with Crippen molar-refractivity contribution in [3.63, 3.8) is 0 Å². The maximum absolute atomic E-state index is 11.6. The van der Waals surface area contributed by atoms with Gasteiger partial charge in [0, 0.05) is 24.2 Å². The summed E-state index contributed by atoms with van der Waals surface area (Å²) in [6.45, 7) is 0.413. The molecule has 1 heterocycles. The van der Waals surface area contributed by atoms with Gasteiger partial charge in [-0.1, -0.05) is 11.6 Å². The van der Waals surface area contributed by atoms with Gasteiger partial charge in [-0.15, -0.1) is 0 Å². The van der Waals surface area contributed by atoms with Crippen molar-refractivity contribution in [3.05, 3.63) is 45.3 Å². The molecule has 0 saturated carbocycles. The Bertz CT molecular complexity index is 658. The van der Waals surface area contributed by atoms with Gasteiger partial charge in [-0.3, -0.25) is 4.79 Å². The summed E-state index contributed by atoms with van der Waals surface area (Å²) in [6, 6.07) is 6.93. The molecule has 0 fully saturated rings. The average Bonchev–Trinajstić information content (AvgIpc) is 2.48. The van der Waals surface area contributed by atoms with Crippen LogP contribution in [-0.2, 0) is 6.54 Å². The quantitative estimate of drug-likeness (QED) is 0.883. The van der Waals surface area contributed by atoms with Gasteiger partial charge in [0.1, 0.15) is 17.2 Å². The summed E-state index contributed by atoms with van der Waals surface area (Å²) in [5, 5.41) is 9.11. The Hall–Kier alpha value is -2.21. The third kappa shape index (κ3) is 3.21. The van der Waals surface area contributed by atoms with Crippen molar-refractivity contribution in [1.29, 1.82) is 0 Å². The number of ether oxygens (including phenoxy) is 2. The molecule has 7 heteroatoms. The minimum absolute atomic E-state index is 0.216. The molecular formula is C13H14ClN3O3. The summed E-state index contributed by atoms with van der Waals surface area (Å²) >= 11 is 5.73. The van der Waals surface area contributed by atoms with Crippen molar-refractivity contribution >= 4 is 17.3 Å². The molecule has 106 valence electrons. The molecule has 0 aliphatic rings. The second kappa shape index (κ2) is 6.29. The van der Waals surface area contributed by atoms with Crippen LogP contribution in [0.1, 0.15) is 5.56 Å². The van der Waals surface area contributed by atoms with Gasteiger partial charge in [0.25, 0.3) is 5.56 Å². The van der Waals surface area contributed by atoms with E-state index in [1.54, 1.807) is 20.3 Å². The Morgan fingerprint density at radius 2 is 2.10 bits per heavy atom. The Balaban J connectivity index is 2.18. The third-order valence-electron chi connectivity index (χ3n) is 2.74. The minimum atomic E-state index is -0.332. The van der Waals surface area contributed by atoms with Gasteiger partial charge in [0.15, 0.2) is 5.15 Å².